The van der Waals surface area contributed by atoms with Gasteiger partial charge in [0.15, 0.2) is 0 Å². The fourth-order valence-electron chi connectivity index (χ4n) is 2.74. The average Bonchev–Trinajstić information content (AvgIpc) is 2.53. The number of carbonyl (C=O) groups excluding carboxylic acids is 2. The van der Waals surface area contributed by atoms with Crippen molar-refractivity contribution in [1.29, 1.82) is 0 Å². The molecule has 0 spiro atoms. The van der Waals surface area contributed by atoms with Gasteiger partial charge < -0.3 is 20.1 Å². The fourth-order valence-corrected chi connectivity index (χ4v) is 2.74. The predicted octanol–water partition coefficient (Wildman–Crippen LogP) is 1.78. The topological polar surface area (TPSA) is 78.9 Å². The molecule has 126 valence electrons. The minimum absolute atomic E-state index is 0.0501. The molecule has 1 aliphatic rings. The second-order valence-electron chi connectivity index (χ2n) is 6.11. The molecule has 0 aromatic heterocycles. The van der Waals surface area contributed by atoms with Crippen LogP contribution in [0.25, 0.3) is 0 Å². The first kappa shape index (κ1) is 17.1. The third-order valence-corrected chi connectivity index (χ3v) is 4.02. The number of aromatic hydroxyl groups is 1. The molecule has 0 unspecified atom stereocenters. The summed E-state index contributed by atoms with van der Waals surface area (Å²) in [7, 11) is 1.50. The Labute approximate surface area is 136 Å². The number of nitrogens with zero attached hydrogens (tertiary/aromatic N) is 1. The van der Waals surface area contributed by atoms with E-state index < -0.39 is 0 Å². The van der Waals surface area contributed by atoms with Gasteiger partial charge >= 0.3 is 0 Å². The Morgan fingerprint density at radius 3 is 2.48 bits per heavy atom. The van der Waals surface area contributed by atoms with Crippen molar-refractivity contribution < 1.29 is 19.4 Å². The van der Waals surface area contributed by atoms with E-state index in [1.165, 1.54) is 13.2 Å². The molecular weight excluding hydrogens is 296 g/mol. The molecule has 0 bridgehead atoms. The summed E-state index contributed by atoms with van der Waals surface area (Å²) < 4.78 is 5.02. The number of phenols is 1. The van der Waals surface area contributed by atoms with E-state index in [2.05, 4.69) is 5.32 Å². The molecule has 2 amide bonds. The van der Waals surface area contributed by atoms with Crippen LogP contribution in [0.2, 0.25) is 0 Å². The van der Waals surface area contributed by atoms with Crippen LogP contribution in [0.15, 0.2) is 18.2 Å². The highest BCUT2D eigenvalue weighted by atomic mass is 16.5. The lowest BCUT2D eigenvalue weighted by Gasteiger charge is -2.32. The first-order valence-electron chi connectivity index (χ1n) is 7.89. The zero-order valence-corrected chi connectivity index (χ0v) is 13.8. The molecule has 0 aliphatic carbocycles. The van der Waals surface area contributed by atoms with Crippen LogP contribution in [0, 0.1) is 5.92 Å². The van der Waals surface area contributed by atoms with E-state index in [1.54, 1.807) is 17.0 Å². The van der Waals surface area contributed by atoms with Crippen molar-refractivity contribution in [3.8, 4) is 11.5 Å². The van der Waals surface area contributed by atoms with Crippen molar-refractivity contribution in [3.63, 3.8) is 0 Å². The van der Waals surface area contributed by atoms with E-state index in [4.69, 9.17) is 4.74 Å². The molecule has 2 N–H and O–H groups in total. The van der Waals surface area contributed by atoms with Crippen LogP contribution in [0.4, 0.5) is 0 Å². The number of piperidine rings is 1. The quantitative estimate of drug-likeness (QED) is 0.886. The Balaban J connectivity index is 1.97. The highest BCUT2D eigenvalue weighted by Gasteiger charge is 2.28. The molecule has 6 nitrogen and oxygen atoms in total. The highest BCUT2D eigenvalue weighted by Crippen LogP contribution is 2.26. The highest BCUT2D eigenvalue weighted by molar-refractivity contribution is 5.97. The van der Waals surface area contributed by atoms with Crippen molar-refractivity contribution in [2.45, 2.75) is 32.7 Å². The van der Waals surface area contributed by atoms with Crippen molar-refractivity contribution in [3.05, 3.63) is 23.8 Å². The summed E-state index contributed by atoms with van der Waals surface area (Å²) in [6.45, 7) is 4.90. The average molecular weight is 320 g/mol. The Kier molecular flexibility index (Phi) is 5.47. The van der Waals surface area contributed by atoms with Crippen molar-refractivity contribution in [2.24, 2.45) is 5.92 Å². The number of nitrogens with one attached hydrogen (secondary N) is 1. The minimum Gasteiger partial charge on any atom is -0.507 e. The van der Waals surface area contributed by atoms with Gasteiger partial charge in [0.1, 0.15) is 11.5 Å². The molecule has 1 aliphatic heterocycles. The monoisotopic (exact) mass is 320 g/mol. The SMILES string of the molecule is COc1ccc(C(=O)N2CCC(C(=O)NC(C)C)CC2)c(O)c1. The van der Waals surface area contributed by atoms with Gasteiger partial charge in [0.05, 0.1) is 12.7 Å². The van der Waals surface area contributed by atoms with Crippen LogP contribution < -0.4 is 10.1 Å². The molecule has 1 saturated heterocycles. The van der Waals surface area contributed by atoms with E-state index in [0.717, 1.165) is 0 Å². The maximum absolute atomic E-state index is 12.5. The van der Waals surface area contributed by atoms with Crippen LogP contribution >= 0.6 is 0 Å². The van der Waals surface area contributed by atoms with Crippen LogP contribution in [-0.2, 0) is 4.79 Å². The van der Waals surface area contributed by atoms with Gasteiger partial charge in [0.2, 0.25) is 5.91 Å². The molecule has 23 heavy (non-hydrogen) atoms. The molecule has 1 aromatic rings. The maximum atomic E-state index is 12.5. The number of benzene rings is 1. The van der Waals surface area contributed by atoms with Crippen LogP contribution in [0.1, 0.15) is 37.0 Å². The molecular formula is C17H24N2O4. The lowest BCUT2D eigenvalue weighted by Crippen LogP contribution is -2.44. The molecule has 0 atom stereocenters. The van der Waals surface area contributed by atoms with E-state index >= 15 is 0 Å². The van der Waals surface area contributed by atoms with E-state index in [9.17, 15) is 14.7 Å². The molecule has 2 rings (SSSR count). The summed E-state index contributed by atoms with van der Waals surface area (Å²) in [5.41, 5.74) is 0.260. The second kappa shape index (κ2) is 7.35. The van der Waals surface area contributed by atoms with Gasteiger partial charge in [-0.2, -0.15) is 0 Å². The number of ether oxygens (including phenoxy) is 1. The van der Waals surface area contributed by atoms with Gasteiger partial charge in [-0.3, -0.25) is 9.59 Å². The lowest BCUT2D eigenvalue weighted by molar-refractivity contribution is -0.126. The summed E-state index contributed by atoms with van der Waals surface area (Å²) in [5.74, 6) is 0.204. The molecule has 1 heterocycles. The van der Waals surface area contributed by atoms with Crippen molar-refractivity contribution in [2.75, 3.05) is 20.2 Å². The van der Waals surface area contributed by atoms with Crippen molar-refractivity contribution in [1.82, 2.24) is 10.2 Å². The lowest BCUT2D eigenvalue weighted by atomic mass is 9.95. The number of carbonyl (C=O) groups is 2. The number of rotatable bonds is 4. The summed E-state index contributed by atoms with van der Waals surface area (Å²) >= 11 is 0. The van der Waals surface area contributed by atoms with E-state index in [0.29, 0.717) is 31.7 Å². The first-order valence-corrected chi connectivity index (χ1v) is 7.89. The number of amides is 2. The zero-order valence-electron chi connectivity index (χ0n) is 13.8. The molecule has 0 saturated carbocycles. The zero-order chi connectivity index (χ0) is 17.0. The summed E-state index contributed by atoms with van der Waals surface area (Å²) in [6, 6.07) is 4.76. The number of hydrogen-bond donors (Lipinski definition) is 2. The number of phenolic OH excluding ortho intramolecular Hbond substituents is 1. The predicted molar refractivity (Wildman–Crippen MR) is 86.6 cm³/mol. The summed E-state index contributed by atoms with van der Waals surface area (Å²) in [4.78, 5) is 26.2. The summed E-state index contributed by atoms with van der Waals surface area (Å²) in [5, 5.41) is 12.9. The number of likely N-dealkylation sites (tertiary alicyclic amines) is 1. The largest absolute Gasteiger partial charge is 0.507 e. The Morgan fingerprint density at radius 1 is 1.30 bits per heavy atom. The Hall–Kier alpha value is -2.24. The van der Waals surface area contributed by atoms with Gasteiger partial charge in [0.25, 0.3) is 5.91 Å². The van der Waals surface area contributed by atoms with E-state index in [-0.39, 0.29) is 35.1 Å². The standard InChI is InChI=1S/C17H24N2O4/c1-11(2)18-16(21)12-6-8-19(9-7-12)17(22)14-5-4-13(23-3)10-15(14)20/h4-5,10-12,20H,6-9H2,1-3H3,(H,18,21). The van der Waals surface area contributed by atoms with E-state index in [1.807, 2.05) is 13.8 Å². The van der Waals surface area contributed by atoms with Crippen LogP contribution in [0.5, 0.6) is 11.5 Å². The second-order valence-corrected chi connectivity index (χ2v) is 6.11. The molecule has 6 heteroatoms. The van der Waals surface area contributed by atoms with Gasteiger partial charge in [-0.1, -0.05) is 0 Å². The van der Waals surface area contributed by atoms with Gasteiger partial charge in [-0.25, -0.2) is 0 Å². The Morgan fingerprint density at radius 2 is 1.96 bits per heavy atom. The Bertz CT molecular complexity index is 578. The number of methoxy groups -OCH3 is 1. The smallest absolute Gasteiger partial charge is 0.257 e. The third-order valence-electron chi connectivity index (χ3n) is 4.02. The van der Waals surface area contributed by atoms with Crippen LogP contribution in [0.3, 0.4) is 0 Å². The third kappa shape index (κ3) is 4.15. The van der Waals surface area contributed by atoms with Gasteiger partial charge in [0, 0.05) is 31.1 Å². The van der Waals surface area contributed by atoms with Gasteiger partial charge in [-0.05, 0) is 38.8 Å². The molecule has 1 fully saturated rings. The normalized spacial score (nSPS) is 15.6. The summed E-state index contributed by atoms with van der Waals surface area (Å²) in [6.07, 6.45) is 1.28. The number of hydrogen-bond acceptors (Lipinski definition) is 4. The van der Waals surface area contributed by atoms with Crippen LogP contribution in [-0.4, -0.2) is 48.1 Å². The molecule has 0 radical (unpaired) electrons. The van der Waals surface area contributed by atoms with Crippen molar-refractivity contribution >= 4 is 11.8 Å². The van der Waals surface area contributed by atoms with Gasteiger partial charge in [-0.15, -0.1) is 0 Å². The maximum Gasteiger partial charge on any atom is 0.257 e. The minimum atomic E-state index is -0.215. The molecule has 1 aromatic carbocycles. The fraction of sp³-hybridized carbons (Fsp3) is 0.529. The first-order chi connectivity index (χ1) is 10.9.